The van der Waals surface area contributed by atoms with Gasteiger partial charge in [0.25, 0.3) is 0 Å². The molecule has 182 valence electrons. The number of ether oxygens (including phenoxy) is 1. The lowest BCUT2D eigenvalue weighted by molar-refractivity contribution is 0.0179. The van der Waals surface area contributed by atoms with E-state index in [1.165, 1.54) is 12.1 Å². The molecular weight excluding hydrogens is 536 g/mol. The number of halogens is 2. The van der Waals surface area contributed by atoms with Crippen molar-refractivity contribution in [3.63, 3.8) is 0 Å². The minimum absolute atomic E-state index is 0. The monoisotopic (exact) mass is 571 g/mol. The van der Waals surface area contributed by atoms with Crippen LogP contribution in [0.1, 0.15) is 31.3 Å². The molecule has 2 N–H and O–H groups in total. The lowest BCUT2D eigenvalue weighted by Gasteiger charge is -2.34. The number of hydrogen-bond acceptors (Lipinski definition) is 5. The number of morpholine rings is 1. The highest BCUT2D eigenvalue weighted by molar-refractivity contribution is 14.0. The summed E-state index contributed by atoms with van der Waals surface area (Å²) in [6.07, 6.45) is 2.59. The Bertz CT molecular complexity index is 881. The van der Waals surface area contributed by atoms with Crippen molar-refractivity contribution in [2.75, 3.05) is 45.9 Å². The van der Waals surface area contributed by atoms with Crippen LogP contribution in [0.15, 0.2) is 47.7 Å². The van der Waals surface area contributed by atoms with Gasteiger partial charge in [-0.05, 0) is 24.6 Å². The fourth-order valence-electron chi connectivity index (χ4n) is 3.63. The minimum Gasteiger partial charge on any atom is -0.379 e. The van der Waals surface area contributed by atoms with Crippen LogP contribution >= 0.6 is 24.0 Å². The summed E-state index contributed by atoms with van der Waals surface area (Å²) >= 11 is 0. The number of nitrogens with zero attached hydrogens (tertiary/aromatic N) is 5. The molecule has 1 saturated heterocycles. The molecule has 0 bridgehead atoms. The molecular formula is C23H35FIN7O. The van der Waals surface area contributed by atoms with E-state index >= 15 is 0 Å². The maximum absolute atomic E-state index is 13.5. The quantitative estimate of drug-likeness (QED) is 0.198. The normalized spacial score (nSPS) is 15.5. The van der Waals surface area contributed by atoms with E-state index in [4.69, 9.17) is 9.73 Å². The molecule has 0 saturated carbocycles. The molecule has 2 aromatic rings. The highest BCUT2D eigenvalue weighted by atomic mass is 127. The van der Waals surface area contributed by atoms with Gasteiger partial charge in [-0.2, -0.15) is 0 Å². The first-order valence-corrected chi connectivity index (χ1v) is 11.2. The molecule has 1 aromatic heterocycles. The first-order valence-electron chi connectivity index (χ1n) is 11.2. The lowest BCUT2D eigenvalue weighted by Crippen LogP contribution is -2.42. The second kappa shape index (κ2) is 14.3. The van der Waals surface area contributed by atoms with Crippen molar-refractivity contribution >= 4 is 29.9 Å². The first-order chi connectivity index (χ1) is 15.6. The van der Waals surface area contributed by atoms with E-state index in [1.54, 1.807) is 6.33 Å². The Morgan fingerprint density at radius 1 is 1.24 bits per heavy atom. The summed E-state index contributed by atoms with van der Waals surface area (Å²) in [6, 6.07) is 6.76. The number of hydrogen-bond donors (Lipinski definition) is 2. The molecule has 0 spiro atoms. The molecule has 0 aliphatic carbocycles. The molecule has 1 aliphatic rings. The van der Waals surface area contributed by atoms with E-state index in [-0.39, 0.29) is 35.8 Å². The van der Waals surface area contributed by atoms with Crippen molar-refractivity contribution in [1.29, 1.82) is 0 Å². The Morgan fingerprint density at radius 3 is 2.64 bits per heavy atom. The fraction of sp³-hybridized carbons (Fsp3) is 0.522. The second-order valence-corrected chi connectivity index (χ2v) is 7.94. The molecule has 0 radical (unpaired) electrons. The third kappa shape index (κ3) is 8.67. The Morgan fingerprint density at radius 2 is 1.97 bits per heavy atom. The van der Waals surface area contributed by atoms with Gasteiger partial charge in [0.2, 0.25) is 0 Å². The molecule has 1 fully saturated rings. The molecule has 8 nitrogen and oxygen atoms in total. The average molecular weight is 571 g/mol. The standard InChI is InChI=1S/C23H34FN7O.HI/c1-4-22-29-28-17-31(22)10-9-25-23(26-15-18(2)3)27-16-21(30-11-13-32-14-12-30)19-5-7-20(24)8-6-19;/h5-8,17,21H,2,4,9-16H2,1,3H3,(H2,25,26,27);1H. The summed E-state index contributed by atoms with van der Waals surface area (Å²) in [5, 5.41) is 14.9. The van der Waals surface area contributed by atoms with Crippen LogP contribution in [0.25, 0.3) is 0 Å². The van der Waals surface area contributed by atoms with Gasteiger partial charge >= 0.3 is 0 Å². The summed E-state index contributed by atoms with van der Waals surface area (Å²) in [5.74, 6) is 1.45. The topological polar surface area (TPSA) is 79.6 Å². The fourth-order valence-corrected chi connectivity index (χ4v) is 3.63. The van der Waals surface area contributed by atoms with Gasteiger partial charge in [0.05, 0.1) is 25.8 Å². The molecule has 10 heteroatoms. The molecule has 0 amide bonds. The Labute approximate surface area is 212 Å². The molecule has 1 aromatic carbocycles. The zero-order chi connectivity index (χ0) is 22.8. The number of benzene rings is 1. The van der Waals surface area contributed by atoms with Crippen LogP contribution in [0.5, 0.6) is 0 Å². The number of rotatable bonds is 10. The van der Waals surface area contributed by atoms with Gasteiger partial charge in [-0.1, -0.05) is 31.2 Å². The van der Waals surface area contributed by atoms with E-state index < -0.39 is 0 Å². The van der Waals surface area contributed by atoms with E-state index in [0.717, 1.165) is 49.0 Å². The molecule has 1 aliphatic heterocycles. The number of nitrogens with one attached hydrogen (secondary N) is 2. The van der Waals surface area contributed by atoms with Crippen molar-refractivity contribution in [1.82, 2.24) is 30.3 Å². The van der Waals surface area contributed by atoms with Gasteiger partial charge in [-0.3, -0.25) is 9.89 Å². The SMILES string of the molecule is C=C(C)CNC(=NCC(c1ccc(F)cc1)N1CCOCC1)NCCn1cnnc1CC.I. The summed E-state index contributed by atoms with van der Waals surface area (Å²) in [6.45, 7) is 13.7. The molecule has 1 atom stereocenters. The van der Waals surface area contributed by atoms with Crippen molar-refractivity contribution in [2.24, 2.45) is 4.99 Å². The molecule has 1 unspecified atom stereocenters. The highest BCUT2D eigenvalue weighted by Gasteiger charge is 2.22. The molecule has 33 heavy (non-hydrogen) atoms. The maximum atomic E-state index is 13.5. The van der Waals surface area contributed by atoms with Gasteiger partial charge in [0.1, 0.15) is 18.0 Å². The van der Waals surface area contributed by atoms with Crippen LogP contribution in [-0.2, 0) is 17.7 Å². The smallest absolute Gasteiger partial charge is 0.191 e. The minimum atomic E-state index is -0.233. The summed E-state index contributed by atoms with van der Waals surface area (Å²) < 4.78 is 21.1. The summed E-state index contributed by atoms with van der Waals surface area (Å²) in [5.41, 5.74) is 2.07. The van der Waals surface area contributed by atoms with Gasteiger partial charge < -0.3 is 19.9 Å². The zero-order valence-electron chi connectivity index (χ0n) is 19.5. The number of guanidine groups is 1. The van der Waals surface area contributed by atoms with Crippen molar-refractivity contribution < 1.29 is 9.13 Å². The van der Waals surface area contributed by atoms with Crippen LogP contribution in [0.3, 0.4) is 0 Å². The zero-order valence-corrected chi connectivity index (χ0v) is 21.8. The van der Waals surface area contributed by atoms with Crippen LogP contribution in [0, 0.1) is 5.82 Å². The van der Waals surface area contributed by atoms with Crippen LogP contribution in [-0.4, -0.2) is 71.6 Å². The van der Waals surface area contributed by atoms with E-state index in [0.29, 0.717) is 32.8 Å². The first kappa shape index (κ1) is 27.2. The average Bonchev–Trinajstić information content (AvgIpc) is 3.26. The number of aliphatic imine (C=N–C) groups is 1. The third-order valence-electron chi connectivity index (χ3n) is 5.38. The van der Waals surface area contributed by atoms with E-state index in [1.807, 2.05) is 23.6 Å². The third-order valence-corrected chi connectivity index (χ3v) is 5.38. The largest absolute Gasteiger partial charge is 0.379 e. The van der Waals surface area contributed by atoms with Crippen molar-refractivity contribution in [2.45, 2.75) is 32.9 Å². The van der Waals surface area contributed by atoms with Crippen molar-refractivity contribution in [3.8, 4) is 0 Å². The molecule has 2 heterocycles. The van der Waals surface area contributed by atoms with Crippen LogP contribution < -0.4 is 10.6 Å². The Kier molecular flexibility index (Phi) is 11.8. The Hall–Kier alpha value is -2.05. The second-order valence-electron chi connectivity index (χ2n) is 7.94. The number of aryl methyl sites for hydroxylation is 1. The molecule has 3 rings (SSSR count). The predicted molar refractivity (Wildman–Crippen MR) is 139 cm³/mol. The lowest BCUT2D eigenvalue weighted by atomic mass is 10.0. The predicted octanol–water partition coefficient (Wildman–Crippen LogP) is 2.78. The summed E-state index contributed by atoms with van der Waals surface area (Å²) in [4.78, 5) is 7.22. The van der Waals surface area contributed by atoms with Crippen LogP contribution in [0.4, 0.5) is 4.39 Å². The van der Waals surface area contributed by atoms with Gasteiger partial charge in [0, 0.05) is 39.1 Å². The maximum Gasteiger partial charge on any atom is 0.191 e. The van der Waals surface area contributed by atoms with E-state index in [9.17, 15) is 4.39 Å². The van der Waals surface area contributed by atoms with Crippen molar-refractivity contribution in [3.05, 3.63) is 59.9 Å². The Balaban J connectivity index is 0.00000385. The van der Waals surface area contributed by atoms with Gasteiger partial charge in [0.15, 0.2) is 5.96 Å². The van der Waals surface area contributed by atoms with Gasteiger partial charge in [-0.15, -0.1) is 34.2 Å². The highest BCUT2D eigenvalue weighted by Crippen LogP contribution is 2.22. The summed E-state index contributed by atoms with van der Waals surface area (Å²) in [7, 11) is 0. The number of aromatic nitrogens is 3. The van der Waals surface area contributed by atoms with Crippen LogP contribution in [0.2, 0.25) is 0 Å². The van der Waals surface area contributed by atoms with E-state index in [2.05, 4.69) is 39.2 Å². The van der Waals surface area contributed by atoms with Gasteiger partial charge in [-0.25, -0.2) is 4.39 Å².